The van der Waals surface area contributed by atoms with Crippen LogP contribution in [0.4, 0.5) is 5.69 Å². The van der Waals surface area contributed by atoms with E-state index in [4.69, 9.17) is 19.9 Å². The summed E-state index contributed by atoms with van der Waals surface area (Å²) in [5.74, 6) is 0.697. The number of carbonyl (C=O) groups excluding carboxylic acids is 1. The molecule has 0 atom stereocenters. The lowest BCUT2D eigenvalue weighted by atomic mass is 10.2. The Morgan fingerprint density at radius 2 is 1.76 bits per heavy atom. The first kappa shape index (κ1) is 14.7. The molecule has 0 bridgehead atoms. The quantitative estimate of drug-likeness (QED) is 0.676. The third-order valence-corrected chi connectivity index (χ3v) is 2.97. The molecule has 0 fully saturated rings. The summed E-state index contributed by atoms with van der Waals surface area (Å²) in [7, 11) is 3.08. The lowest BCUT2D eigenvalue weighted by molar-refractivity contribution is 0.0469. The molecule has 2 aromatic rings. The van der Waals surface area contributed by atoms with E-state index in [2.05, 4.69) is 0 Å². The third-order valence-electron chi connectivity index (χ3n) is 2.97. The number of benzene rings is 2. The second-order valence-electron chi connectivity index (χ2n) is 4.38. The molecule has 5 heteroatoms. The molecule has 110 valence electrons. The number of carbonyl (C=O) groups is 1. The largest absolute Gasteiger partial charge is 0.497 e. The second-order valence-corrected chi connectivity index (χ2v) is 4.38. The number of hydrogen-bond donors (Lipinski definition) is 1. The normalized spacial score (nSPS) is 10.0. The molecule has 0 unspecified atom stereocenters. The predicted molar refractivity (Wildman–Crippen MR) is 79.5 cm³/mol. The number of nitrogen functional groups attached to an aromatic ring is 1. The fourth-order valence-corrected chi connectivity index (χ4v) is 1.82. The van der Waals surface area contributed by atoms with Crippen molar-refractivity contribution in [3.63, 3.8) is 0 Å². The molecule has 0 aliphatic heterocycles. The van der Waals surface area contributed by atoms with Crippen molar-refractivity contribution in [2.24, 2.45) is 0 Å². The Balaban J connectivity index is 2.04. The van der Waals surface area contributed by atoms with Crippen LogP contribution in [0.1, 0.15) is 15.9 Å². The molecule has 21 heavy (non-hydrogen) atoms. The van der Waals surface area contributed by atoms with E-state index in [-0.39, 0.29) is 6.61 Å². The zero-order valence-electron chi connectivity index (χ0n) is 12.0. The highest BCUT2D eigenvalue weighted by molar-refractivity contribution is 5.93. The molecule has 0 spiro atoms. The Hall–Kier alpha value is -2.69. The number of esters is 1. The number of hydrogen-bond acceptors (Lipinski definition) is 5. The summed E-state index contributed by atoms with van der Waals surface area (Å²) in [5, 5.41) is 0. The standard InChI is InChI=1S/C16H17NO4/c1-19-13-6-3-11(4-7-13)10-21-16(18)14-8-5-12(17)9-15(14)20-2/h3-9H,10,17H2,1-2H3. The molecule has 0 amide bonds. The van der Waals surface area contributed by atoms with Crippen molar-refractivity contribution in [3.05, 3.63) is 53.6 Å². The first-order valence-electron chi connectivity index (χ1n) is 6.37. The summed E-state index contributed by atoms with van der Waals surface area (Å²) in [6.07, 6.45) is 0. The SMILES string of the molecule is COc1ccc(COC(=O)c2ccc(N)cc2OC)cc1. The third kappa shape index (κ3) is 3.66. The van der Waals surface area contributed by atoms with Gasteiger partial charge in [-0.05, 0) is 29.8 Å². The minimum Gasteiger partial charge on any atom is -0.497 e. The summed E-state index contributed by atoms with van der Waals surface area (Å²) in [6, 6.07) is 12.1. The lowest BCUT2D eigenvalue weighted by Gasteiger charge is -2.09. The van der Waals surface area contributed by atoms with Gasteiger partial charge in [0.15, 0.2) is 0 Å². The molecule has 2 aromatic carbocycles. The Morgan fingerprint density at radius 3 is 2.38 bits per heavy atom. The average Bonchev–Trinajstić information content (AvgIpc) is 2.52. The minimum atomic E-state index is -0.456. The van der Waals surface area contributed by atoms with Gasteiger partial charge in [0.2, 0.25) is 0 Å². The van der Waals surface area contributed by atoms with Crippen molar-refractivity contribution in [3.8, 4) is 11.5 Å². The highest BCUT2D eigenvalue weighted by Gasteiger charge is 2.14. The van der Waals surface area contributed by atoms with Crippen LogP contribution in [0.15, 0.2) is 42.5 Å². The molecule has 5 nitrogen and oxygen atoms in total. The maximum atomic E-state index is 12.1. The predicted octanol–water partition coefficient (Wildman–Crippen LogP) is 2.64. The van der Waals surface area contributed by atoms with Crippen LogP contribution >= 0.6 is 0 Å². The highest BCUT2D eigenvalue weighted by Crippen LogP contribution is 2.22. The van der Waals surface area contributed by atoms with E-state index in [0.29, 0.717) is 17.0 Å². The topological polar surface area (TPSA) is 70.8 Å². The van der Waals surface area contributed by atoms with Gasteiger partial charge in [-0.1, -0.05) is 12.1 Å². The van der Waals surface area contributed by atoms with E-state index in [0.717, 1.165) is 11.3 Å². The maximum Gasteiger partial charge on any atom is 0.342 e. The number of anilines is 1. The zero-order chi connectivity index (χ0) is 15.2. The van der Waals surface area contributed by atoms with E-state index in [1.807, 2.05) is 24.3 Å². The fourth-order valence-electron chi connectivity index (χ4n) is 1.82. The second kappa shape index (κ2) is 6.65. The van der Waals surface area contributed by atoms with Gasteiger partial charge in [0.25, 0.3) is 0 Å². The van der Waals surface area contributed by atoms with Crippen LogP contribution in [0.3, 0.4) is 0 Å². The van der Waals surface area contributed by atoms with Gasteiger partial charge in [-0.15, -0.1) is 0 Å². The van der Waals surface area contributed by atoms with Crippen molar-refractivity contribution >= 4 is 11.7 Å². The molecular weight excluding hydrogens is 270 g/mol. The number of methoxy groups -OCH3 is 2. The van der Waals surface area contributed by atoms with Crippen LogP contribution in [0.5, 0.6) is 11.5 Å². The van der Waals surface area contributed by atoms with Crippen LogP contribution in [0.25, 0.3) is 0 Å². The molecule has 0 saturated heterocycles. The molecule has 0 aliphatic rings. The van der Waals surface area contributed by atoms with Gasteiger partial charge in [0, 0.05) is 11.8 Å². The van der Waals surface area contributed by atoms with Crippen LogP contribution in [0, 0.1) is 0 Å². The Kier molecular flexibility index (Phi) is 4.66. The Labute approximate surface area is 123 Å². The monoisotopic (exact) mass is 287 g/mol. The first-order valence-corrected chi connectivity index (χ1v) is 6.37. The molecule has 0 aromatic heterocycles. The van der Waals surface area contributed by atoms with Crippen molar-refractivity contribution in [1.82, 2.24) is 0 Å². The van der Waals surface area contributed by atoms with Gasteiger partial charge >= 0.3 is 5.97 Å². The lowest BCUT2D eigenvalue weighted by Crippen LogP contribution is -2.07. The smallest absolute Gasteiger partial charge is 0.342 e. The first-order chi connectivity index (χ1) is 10.1. The van der Waals surface area contributed by atoms with E-state index >= 15 is 0 Å². The highest BCUT2D eigenvalue weighted by atomic mass is 16.5. The van der Waals surface area contributed by atoms with Crippen molar-refractivity contribution < 1.29 is 19.0 Å². The van der Waals surface area contributed by atoms with E-state index in [1.54, 1.807) is 25.3 Å². The minimum absolute atomic E-state index is 0.177. The molecular formula is C16H17NO4. The van der Waals surface area contributed by atoms with Gasteiger partial charge in [-0.25, -0.2) is 4.79 Å². The van der Waals surface area contributed by atoms with Crippen LogP contribution in [-0.2, 0) is 11.3 Å². The van der Waals surface area contributed by atoms with Crippen LogP contribution < -0.4 is 15.2 Å². The Morgan fingerprint density at radius 1 is 1.05 bits per heavy atom. The van der Waals surface area contributed by atoms with Crippen LogP contribution in [0.2, 0.25) is 0 Å². The van der Waals surface area contributed by atoms with E-state index in [9.17, 15) is 4.79 Å². The number of nitrogens with two attached hydrogens (primary N) is 1. The summed E-state index contributed by atoms with van der Waals surface area (Å²) in [5.41, 5.74) is 7.40. The van der Waals surface area contributed by atoms with Gasteiger partial charge in [-0.2, -0.15) is 0 Å². The molecule has 2 N–H and O–H groups in total. The summed E-state index contributed by atoms with van der Waals surface area (Å²) in [4.78, 5) is 12.1. The molecule has 0 aliphatic carbocycles. The number of ether oxygens (including phenoxy) is 3. The molecule has 0 saturated carbocycles. The van der Waals surface area contributed by atoms with E-state index in [1.165, 1.54) is 7.11 Å². The maximum absolute atomic E-state index is 12.1. The molecule has 0 heterocycles. The van der Waals surface area contributed by atoms with Gasteiger partial charge in [0.05, 0.1) is 14.2 Å². The van der Waals surface area contributed by atoms with Gasteiger partial charge < -0.3 is 19.9 Å². The molecule has 0 radical (unpaired) electrons. The average molecular weight is 287 g/mol. The number of rotatable bonds is 5. The van der Waals surface area contributed by atoms with E-state index < -0.39 is 5.97 Å². The van der Waals surface area contributed by atoms with Crippen molar-refractivity contribution in [1.29, 1.82) is 0 Å². The molecule has 2 rings (SSSR count). The fraction of sp³-hybridized carbons (Fsp3) is 0.188. The van der Waals surface area contributed by atoms with Crippen LogP contribution in [-0.4, -0.2) is 20.2 Å². The summed E-state index contributed by atoms with van der Waals surface area (Å²) >= 11 is 0. The van der Waals surface area contributed by atoms with Gasteiger partial charge in [0.1, 0.15) is 23.7 Å². The van der Waals surface area contributed by atoms with Crippen molar-refractivity contribution in [2.45, 2.75) is 6.61 Å². The zero-order valence-corrected chi connectivity index (χ0v) is 12.0. The van der Waals surface area contributed by atoms with Crippen molar-refractivity contribution in [2.75, 3.05) is 20.0 Å². The summed E-state index contributed by atoms with van der Waals surface area (Å²) < 4.78 is 15.5. The summed E-state index contributed by atoms with van der Waals surface area (Å²) in [6.45, 7) is 0.177. The van der Waals surface area contributed by atoms with Gasteiger partial charge in [-0.3, -0.25) is 0 Å². The Bertz CT molecular complexity index is 623.